The van der Waals surface area contributed by atoms with Gasteiger partial charge in [0, 0.05) is 24.7 Å². The molecule has 1 aliphatic heterocycles. The monoisotopic (exact) mass is 294 g/mol. The average molecular weight is 295 g/mol. The highest BCUT2D eigenvalue weighted by molar-refractivity contribution is 5.94. The molecule has 1 fully saturated rings. The largest absolute Gasteiger partial charge is 0.337 e. The zero-order valence-electron chi connectivity index (χ0n) is 10.0. The second-order valence-electron chi connectivity index (χ2n) is 4.41. The van der Waals surface area contributed by atoms with Gasteiger partial charge in [-0.3, -0.25) is 4.79 Å². The van der Waals surface area contributed by atoms with Gasteiger partial charge in [-0.05, 0) is 25.0 Å². The van der Waals surface area contributed by atoms with E-state index in [1.54, 1.807) is 0 Å². The van der Waals surface area contributed by atoms with Crippen LogP contribution in [0.15, 0.2) is 12.1 Å². The third kappa shape index (κ3) is 3.39. The molecule has 2 rings (SSSR count). The Morgan fingerprint density at radius 3 is 2.37 bits per heavy atom. The number of benzene rings is 1. The summed E-state index contributed by atoms with van der Waals surface area (Å²) in [4.78, 5) is 13.4. The van der Waals surface area contributed by atoms with E-state index in [4.69, 9.17) is 5.73 Å². The van der Waals surface area contributed by atoms with Gasteiger partial charge in [-0.15, -0.1) is 12.4 Å². The highest BCUT2D eigenvalue weighted by atomic mass is 35.5. The SMILES string of the molecule is Cl.NC1CCCN(C(=O)c2cc(F)c(F)c(F)c2)C1. The van der Waals surface area contributed by atoms with E-state index in [2.05, 4.69) is 0 Å². The van der Waals surface area contributed by atoms with E-state index < -0.39 is 23.4 Å². The summed E-state index contributed by atoms with van der Waals surface area (Å²) in [5, 5.41) is 0. The highest BCUT2D eigenvalue weighted by Gasteiger charge is 2.24. The summed E-state index contributed by atoms with van der Waals surface area (Å²) in [6.45, 7) is 0.840. The van der Waals surface area contributed by atoms with Crippen LogP contribution in [0.3, 0.4) is 0 Å². The van der Waals surface area contributed by atoms with Gasteiger partial charge in [0.05, 0.1) is 0 Å². The number of likely N-dealkylation sites (tertiary alicyclic amines) is 1. The molecule has 1 aromatic carbocycles. The Hall–Kier alpha value is -1.27. The molecular formula is C12H14ClF3N2O. The van der Waals surface area contributed by atoms with Gasteiger partial charge in [-0.2, -0.15) is 0 Å². The second-order valence-corrected chi connectivity index (χ2v) is 4.41. The van der Waals surface area contributed by atoms with Crippen LogP contribution in [0.4, 0.5) is 13.2 Å². The maximum Gasteiger partial charge on any atom is 0.254 e. The number of halogens is 4. The van der Waals surface area contributed by atoms with Crippen LogP contribution in [0.1, 0.15) is 23.2 Å². The van der Waals surface area contributed by atoms with Crippen molar-refractivity contribution in [2.75, 3.05) is 13.1 Å². The first-order valence-electron chi connectivity index (χ1n) is 5.68. The molecule has 1 amide bonds. The molecular weight excluding hydrogens is 281 g/mol. The van der Waals surface area contributed by atoms with Gasteiger partial charge in [0.15, 0.2) is 17.5 Å². The molecule has 0 aliphatic carbocycles. The van der Waals surface area contributed by atoms with Crippen LogP contribution < -0.4 is 5.73 Å². The minimum absolute atomic E-state index is 0. The molecule has 2 N–H and O–H groups in total. The smallest absolute Gasteiger partial charge is 0.254 e. The summed E-state index contributed by atoms with van der Waals surface area (Å²) >= 11 is 0. The van der Waals surface area contributed by atoms with E-state index in [1.807, 2.05) is 0 Å². The zero-order valence-corrected chi connectivity index (χ0v) is 10.9. The van der Waals surface area contributed by atoms with E-state index in [-0.39, 0.29) is 24.0 Å². The summed E-state index contributed by atoms with van der Waals surface area (Å²) in [6.07, 6.45) is 1.56. The van der Waals surface area contributed by atoms with Crippen molar-refractivity contribution in [2.45, 2.75) is 18.9 Å². The molecule has 0 radical (unpaired) electrons. The predicted octanol–water partition coefficient (Wildman–Crippen LogP) is 2.09. The van der Waals surface area contributed by atoms with Gasteiger partial charge in [0.25, 0.3) is 5.91 Å². The lowest BCUT2D eigenvalue weighted by Gasteiger charge is -2.30. The Bertz CT molecular complexity index is 461. The molecule has 1 aromatic rings. The van der Waals surface area contributed by atoms with Crippen molar-refractivity contribution in [3.63, 3.8) is 0 Å². The Morgan fingerprint density at radius 2 is 1.84 bits per heavy atom. The number of nitrogens with zero attached hydrogens (tertiary/aromatic N) is 1. The third-order valence-electron chi connectivity index (χ3n) is 2.98. The molecule has 1 saturated heterocycles. The Labute approximate surface area is 115 Å². The lowest BCUT2D eigenvalue weighted by atomic mass is 10.1. The van der Waals surface area contributed by atoms with Crippen molar-refractivity contribution in [3.05, 3.63) is 35.1 Å². The van der Waals surface area contributed by atoms with E-state index in [1.165, 1.54) is 4.90 Å². The van der Waals surface area contributed by atoms with Crippen molar-refractivity contribution in [1.82, 2.24) is 4.90 Å². The van der Waals surface area contributed by atoms with Gasteiger partial charge in [-0.25, -0.2) is 13.2 Å². The lowest BCUT2D eigenvalue weighted by molar-refractivity contribution is 0.0707. The summed E-state index contributed by atoms with van der Waals surface area (Å²) in [5.41, 5.74) is 5.53. The number of rotatable bonds is 1. The Balaban J connectivity index is 0.00000180. The first kappa shape index (κ1) is 15.8. The van der Waals surface area contributed by atoms with Gasteiger partial charge in [0.1, 0.15) is 0 Å². The standard InChI is InChI=1S/C12H13F3N2O.ClH/c13-9-4-7(5-10(14)11(9)15)12(18)17-3-1-2-8(16)6-17;/h4-5,8H,1-3,6,16H2;1H. The number of hydrogen-bond donors (Lipinski definition) is 1. The minimum Gasteiger partial charge on any atom is -0.337 e. The minimum atomic E-state index is -1.57. The fourth-order valence-corrected chi connectivity index (χ4v) is 2.06. The van der Waals surface area contributed by atoms with Crippen molar-refractivity contribution in [3.8, 4) is 0 Å². The Kier molecular flexibility index (Phi) is 5.20. The van der Waals surface area contributed by atoms with E-state index in [0.717, 1.165) is 12.8 Å². The molecule has 3 nitrogen and oxygen atoms in total. The zero-order chi connectivity index (χ0) is 13.3. The predicted molar refractivity (Wildman–Crippen MR) is 66.7 cm³/mol. The fraction of sp³-hybridized carbons (Fsp3) is 0.417. The maximum atomic E-state index is 13.0. The summed E-state index contributed by atoms with van der Waals surface area (Å²) < 4.78 is 38.9. The topological polar surface area (TPSA) is 46.3 Å². The molecule has 19 heavy (non-hydrogen) atoms. The van der Waals surface area contributed by atoms with Crippen LogP contribution in [0, 0.1) is 17.5 Å². The van der Waals surface area contributed by atoms with Crippen molar-refractivity contribution in [2.24, 2.45) is 5.73 Å². The molecule has 1 unspecified atom stereocenters. The van der Waals surface area contributed by atoms with Crippen LogP contribution in [-0.4, -0.2) is 29.9 Å². The van der Waals surface area contributed by atoms with Gasteiger partial charge in [0.2, 0.25) is 0 Å². The molecule has 0 spiro atoms. The van der Waals surface area contributed by atoms with E-state index in [0.29, 0.717) is 25.2 Å². The molecule has 0 saturated carbocycles. The van der Waals surface area contributed by atoms with Crippen molar-refractivity contribution >= 4 is 18.3 Å². The fourth-order valence-electron chi connectivity index (χ4n) is 2.06. The van der Waals surface area contributed by atoms with Gasteiger partial charge < -0.3 is 10.6 Å². The third-order valence-corrected chi connectivity index (χ3v) is 2.98. The summed E-state index contributed by atoms with van der Waals surface area (Å²) in [6, 6.07) is 1.29. The maximum absolute atomic E-state index is 13.0. The number of amides is 1. The van der Waals surface area contributed by atoms with Crippen molar-refractivity contribution in [1.29, 1.82) is 0 Å². The highest BCUT2D eigenvalue weighted by Crippen LogP contribution is 2.17. The van der Waals surface area contributed by atoms with Crippen LogP contribution in [0.2, 0.25) is 0 Å². The van der Waals surface area contributed by atoms with Crippen LogP contribution >= 0.6 is 12.4 Å². The summed E-state index contributed by atoms with van der Waals surface area (Å²) in [5.74, 6) is -4.82. The Morgan fingerprint density at radius 1 is 1.26 bits per heavy atom. The lowest BCUT2D eigenvalue weighted by Crippen LogP contribution is -2.45. The first-order valence-corrected chi connectivity index (χ1v) is 5.68. The van der Waals surface area contributed by atoms with Crippen LogP contribution in [-0.2, 0) is 0 Å². The molecule has 0 aromatic heterocycles. The van der Waals surface area contributed by atoms with Gasteiger partial charge in [-0.1, -0.05) is 0 Å². The van der Waals surface area contributed by atoms with Gasteiger partial charge >= 0.3 is 0 Å². The second kappa shape index (κ2) is 6.25. The van der Waals surface area contributed by atoms with E-state index >= 15 is 0 Å². The van der Waals surface area contributed by atoms with Crippen LogP contribution in [0.25, 0.3) is 0 Å². The number of nitrogens with two attached hydrogens (primary N) is 1. The molecule has 7 heteroatoms. The summed E-state index contributed by atoms with van der Waals surface area (Å²) in [7, 11) is 0. The van der Waals surface area contributed by atoms with E-state index in [9.17, 15) is 18.0 Å². The van der Waals surface area contributed by atoms with Crippen LogP contribution in [0.5, 0.6) is 0 Å². The molecule has 1 atom stereocenters. The van der Waals surface area contributed by atoms with Crippen molar-refractivity contribution < 1.29 is 18.0 Å². The number of piperidine rings is 1. The number of hydrogen-bond acceptors (Lipinski definition) is 2. The molecule has 0 bridgehead atoms. The molecule has 106 valence electrons. The quantitative estimate of drug-likeness (QED) is 0.806. The first-order chi connectivity index (χ1) is 8.49. The normalized spacial score (nSPS) is 18.9. The molecule has 1 heterocycles. The molecule has 1 aliphatic rings. The number of carbonyl (C=O) groups is 1. The average Bonchev–Trinajstić information content (AvgIpc) is 2.34. The number of carbonyl (C=O) groups excluding carboxylic acids is 1.